The zero-order valence-corrected chi connectivity index (χ0v) is 26.6. The number of nitrogens with zero attached hydrogens (tertiary/aromatic N) is 4. The molecular weight excluding hydrogens is 601 g/mol. The Hall–Kier alpha value is -6.59. The lowest BCUT2D eigenvalue weighted by Crippen LogP contribution is -1.94. The fourth-order valence-corrected chi connectivity index (χ4v) is 7.86. The van der Waals surface area contributed by atoms with Gasteiger partial charge in [0.1, 0.15) is 11.2 Å². The van der Waals surface area contributed by atoms with Crippen LogP contribution in [0.1, 0.15) is 5.56 Å². The molecule has 0 amide bonds. The first kappa shape index (κ1) is 26.5. The summed E-state index contributed by atoms with van der Waals surface area (Å²) in [7, 11) is 0. The van der Waals surface area contributed by atoms with Gasteiger partial charge < -0.3 is 8.98 Å². The molecule has 5 heteroatoms. The Labute approximate surface area is 280 Å². The molecule has 0 aliphatic heterocycles. The van der Waals surface area contributed by atoms with Gasteiger partial charge in [-0.25, -0.2) is 4.98 Å². The molecular formula is C44H28N4O. The summed E-state index contributed by atoms with van der Waals surface area (Å²) in [5.74, 6) is 0.913. The number of rotatable bonds is 3. The van der Waals surface area contributed by atoms with Crippen LogP contribution < -0.4 is 0 Å². The van der Waals surface area contributed by atoms with Gasteiger partial charge in [-0.2, -0.15) is 0 Å². The number of imidazole rings is 2. The van der Waals surface area contributed by atoms with Gasteiger partial charge in [0.05, 0.1) is 33.1 Å². The molecule has 5 nitrogen and oxygen atoms in total. The zero-order chi connectivity index (χ0) is 32.2. The Balaban J connectivity index is 1.14. The van der Waals surface area contributed by atoms with Crippen LogP contribution in [-0.2, 0) is 0 Å². The van der Waals surface area contributed by atoms with E-state index < -0.39 is 0 Å². The Morgan fingerprint density at radius 3 is 2.06 bits per heavy atom. The van der Waals surface area contributed by atoms with Crippen molar-refractivity contribution >= 4 is 71.6 Å². The molecule has 0 bridgehead atoms. The molecule has 0 spiro atoms. The SMILES string of the molecule is Cc1ccc2c(c1)c1cc(-c3ccc4c(c3)n3c5ccccc5nc3n4-c3ccccc3)ccc1n2-c1ccc2oc3ccccc3c2c1. The van der Waals surface area contributed by atoms with Crippen molar-refractivity contribution in [1.82, 2.24) is 18.5 Å². The van der Waals surface area contributed by atoms with E-state index in [1.165, 1.54) is 38.5 Å². The van der Waals surface area contributed by atoms with Crippen LogP contribution in [0.5, 0.6) is 0 Å². The van der Waals surface area contributed by atoms with E-state index in [1.54, 1.807) is 0 Å². The number of hydrogen-bond donors (Lipinski definition) is 0. The Bertz CT molecular complexity index is 3120. The summed E-state index contributed by atoms with van der Waals surface area (Å²) in [5.41, 5.74) is 14.3. The molecule has 0 fully saturated rings. The van der Waals surface area contributed by atoms with E-state index in [4.69, 9.17) is 9.40 Å². The van der Waals surface area contributed by atoms with E-state index in [0.717, 1.165) is 61.2 Å². The fourth-order valence-electron chi connectivity index (χ4n) is 7.86. The zero-order valence-electron chi connectivity index (χ0n) is 26.6. The smallest absolute Gasteiger partial charge is 0.220 e. The summed E-state index contributed by atoms with van der Waals surface area (Å²) in [6.45, 7) is 2.17. The highest BCUT2D eigenvalue weighted by Gasteiger charge is 2.19. The average molecular weight is 629 g/mol. The number of para-hydroxylation sites is 4. The van der Waals surface area contributed by atoms with Crippen LogP contribution >= 0.6 is 0 Å². The van der Waals surface area contributed by atoms with Gasteiger partial charge in [-0.1, -0.05) is 72.3 Å². The highest BCUT2D eigenvalue weighted by molar-refractivity contribution is 6.12. The maximum Gasteiger partial charge on any atom is 0.220 e. The minimum atomic E-state index is 0.903. The van der Waals surface area contributed by atoms with Crippen molar-refractivity contribution in [2.24, 2.45) is 0 Å². The molecule has 230 valence electrons. The van der Waals surface area contributed by atoms with Gasteiger partial charge in [-0.3, -0.25) is 8.97 Å². The van der Waals surface area contributed by atoms with Crippen LogP contribution in [0, 0.1) is 6.92 Å². The second kappa shape index (κ2) is 9.72. The first-order chi connectivity index (χ1) is 24.2. The second-order valence-corrected chi connectivity index (χ2v) is 13.0. The van der Waals surface area contributed by atoms with Gasteiger partial charge in [0.2, 0.25) is 5.78 Å². The van der Waals surface area contributed by atoms with Crippen molar-refractivity contribution in [1.29, 1.82) is 0 Å². The monoisotopic (exact) mass is 628 g/mol. The topological polar surface area (TPSA) is 40.3 Å². The number of benzene rings is 7. The number of aryl methyl sites for hydroxylation is 1. The molecule has 11 aromatic rings. The lowest BCUT2D eigenvalue weighted by Gasteiger charge is -2.09. The lowest BCUT2D eigenvalue weighted by molar-refractivity contribution is 0.669. The number of furan rings is 1. The van der Waals surface area contributed by atoms with Crippen molar-refractivity contribution in [3.05, 3.63) is 157 Å². The van der Waals surface area contributed by atoms with Crippen LogP contribution in [0.25, 0.3) is 94.1 Å². The molecule has 0 aliphatic carbocycles. The van der Waals surface area contributed by atoms with Crippen molar-refractivity contribution in [3.63, 3.8) is 0 Å². The molecule has 0 atom stereocenters. The van der Waals surface area contributed by atoms with Crippen molar-refractivity contribution in [3.8, 4) is 22.5 Å². The summed E-state index contributed by atoms with van der Waals surface area (Å²) in [6, 6.07) is 54.2. The summed E-state index contributed by atoms with van der Waals surface area (Å²) in [5, 5.41) is 4.73. The molecule has 0 aliphatic rings. The Morgan fingerprint density at radius 2 is 1.16 bits per heavy atom. The maximum absolute atomic E-state index is 6.17. The third kappa shape index (κ3) is 3.72. The fraction of sp³-hybridized carbons (Fsp3) is 0.0227. The van der Waals surface area contributed by atoms with Crippen LogP contribution in [0.2, 0.25) is 0 Å². The first-order valence-corrected chi connectivity index (χ1v) is 16.6. The van der Waals surface area contributed by atoms with Gasteiger partial charge in [0.15, 0.2) is 0 Å². The Kier molecular flexibility index (Phi) is 5.25. The standard InChI is InChI=1S/C44H28N4O/c1-27-15-19-37-33(23-27)34-24-28(16-20-38(34)46(37)31-18-22-43-35(26-31)32-11-5-8-14-42(32)49-43)29-17-21-40-41(25-29)48-39-13-7-6-12-36(39)45-44(48)47(40)30-9-3-2-4-10-30/h2-26H,1H3. The summed E-state index contributed by atoms with van der Waals surface area (Å²) >= 11 is 0. The van der Waals surface area contributed by atoms with Crippen LogP contribution in [-0.4, -0.2) is 18.5 Å². The third-order valence-corrected chi connectivity index (χ3v) is 10.1. The second-order valence-electron chi connectivity index (χ2n) is 13.0. The molecule has 0 saturated heterocycles. The summed E-state index contributed by atoms with van der Waals surface area (Å²) in [4.78, 5) is 5.10. The van der Waals surface area contributed by atoms with Gasteiger partial charge in [0, 0.05) is 32.9 Å². The molecule has 0 N–H and O–H groups in total. The summed E-state index contributed by atoms with van der Waals surface area (Å²) in [6.07, 6.45) is 0. The highest BCUT2D eigenvalue weighted by Crippen LogP contribution is 2.39. The van der Waals surface area contributed by atoms with Gasteiger partial charge in [0.25, 0.3) is 0 Å². The van der Waals surface area contributed by atoms with Crippen LogP contribution in [0.3, 0.4) is 0 Å². The third-order valence-electron chi connectivity index (χ3n) is 10.1. The number of fused-ring (bicyclic) bond motifs is 11. The molecule has 4 heterocycles. The molecule has 0 unspecified atom stereocenters. The van der Waals surface area contributed by atoms with Crippen molar-refractivity contribution in [2.45, 2.75) is 6.92 Å². The van der Waals surface area contributed by atoms with E-state index >= 15 is 0 Å². The van der Waals surface area contributed by atoms with E-state index in [2.05, 4.69) is 160 Å². The average Bonchev–Trinajstić information content (AvgIpc) is 3.88. The van der Waals surface area contributed by atoms with E-state index in [9.17, 15) is 0 Å². The van der Waals surface area contributed by atoms with E-state index in [0.29, 0.717) is 0 Å². The minimum Gasteiger partial charge on any atom is -0.456 e. The number of aromatic nitrogens is 4. The predicted octanol–water partition coefficient (Wildman–Crippen LogP) is 11.4. The molecule has 49 heavy (non-hydrogen) atoms. The normalized spacial score (nSPS) is 12.2. The lowest BCUT2D eigenvalue weighted by atomic mass is 10.0. The van der Waals surface area contributed by atoms with Crippen molar-refractivity contribution in [2.75, 3.05) is 0 Å². The predicted molar refractivity (Wildman–Crippen MR) is 201 cm³/mol. The van der Waals surface area contributed by atoms with E-state index in [-0.39, 0.29) is 0 Å². The number of hydrogen-bond acceptors (Lipinski definition) is 2. The minimum absolute atomic E-state index is 0.903. The van der Waals surface area contributed by atoms with Crippen LogP contribution in [0.15, 0.2) is 156 Å². The van der Waals surface area contributed by atoms with E-state index in [1.807, 2.05) is 12.1 Å². The molecule has 0 radical (unpaired) electrons. The van der Waals surface area contributed by atoms with Crippen molar-refractivity contribution < 1.29 is 4.42 Å². The highest BCUT2D eigenvalue weighted by atomic mass is 16.3. The maximum atomic E-state index is 6.17. The van der Waals surface area contributed by atoms with Gasteiger partial charge >= 0.3 is 0 Å². The first-order valence-electron chi connectivity index (χ1n) is 16.6. The quantitative estimate of drug-likeness (QED) is 0.195. The molecule has 4 aromatic heterocycles. The Morgan fingerprint density at radius 1 is 0.449 bits per heavy atom. The van der Waals surface area contributed by atoms with Crippen LogP contribution in [0.4, 0.5) is 0 Å². The van der Waals surface area contributed by atoms with Gasteiger partial charge in [-0.15, -0.1) is 0 Å². The largest absolute Gasteiger partial charge is 0.456 e. The van der Waals surface area contributed by atoms with Gasteiger partial charge in [-0.05, 0) is 103 Å². The molecule has 7 aromatic carbocycles. The summed E-state index contributed by atoms with van der Waals surface area (Å²) < 4.78 is 13.1. The molecule has 0 saturated carbocycles. The molecule has 11 rings (SSSR count).